The van der Waals surface area contributed by atoms with Gasteiger partial charge in [-0.25, -0.2) is 4.98 Å². The third-order valence-corrected chi connectivity index (χ3v) is 3.15. The highest BCUT2D eigenvalue weighted by Crippen LogP contribution is 2.24. The van der Waals surface area contributed by atoms with Crippen molar-refractivity contribution in [1.29, 1.82) is 0 Å². The molecular formula is C14H11ClN2. The Labute approximate surface area is 104 Å². The normalized spacial score (nSPS) is 10.9. The fourth-order valence-electron chi connectivity index (χ4n) is 1.90. The van der Waals surface area contributed by atoms with Crippen LogP contribution in [0.1, 0.15) is 5.56 Å². The van der Waals surface area contributed by atoms with Crippen LogP contribution in [0.15, 0.2) is 48.8 Å². The summed E-state index contributed by atoms with van der Waals surface area (Å²) < 4.78 is 2.01. The van der Waals surface area contributed by atoms with Gasteiger partial charge < -0.3 is 0 Å². The van der Waals surface area contributed by atoms with E-state index >= 15 is 0 Å². The number of hydrogen-bond donors (Lipinski definition) is 0. The molecule has 84 valence electrons. The predicted octanol–water partition coefficient (Wildman–Crippen LogP) is 3.96. The molecule has 0 atom stereocenters. The molecule has 3 heteroatoms. The quantitative estimate of drug-likeness (QED) is 0.631. The summed E-state index contributed by atoms with van der Waals surface area (Å²) in [6.45, 7) is 2.07. The minimum atomic E-state index is 0.721. The van der Waals surface area contributed by atoms with Crippen LogP contribution in [-0.2, 0) is 0 Å². The van der Waals surface area contributed by atoms with Gasteiger partial charge in [0.2, 0.25) is 0 Å². The SMILES string of the molecule is Cc1ccc(-c2ncc3c(Cl)cccn23)cc1. The third kappa shape index (κ3) is 1.71. The number of aryl methyl sites for hydroxylation is 1. The van der Waals surface area contributed by atoms with Gasteiger partial charge in [-0.1, -0.05) is 41.4 Å². The summed E-state index contributed by atoms with van der Waals surface area (Å²) in [5, 5.41) is 0.721. The van der Waals surface area contributed by atoms with Crippen LogP contribution >= 0.6 is 11.6 Å². The maximum absolute atomic E-state index is 6.12. The number of halogens is 1. The van der Waals surface area contributed by atoms with E-state index in [0.717, 1.165) is 21.9 Å². The first-order valence-electron chi connectivity index (χ1n) is 5.44. The summed E-state index contributed by atoms with van der Waals surface area (Å²) in [7, 11) is 0. The molecule has 0 aliphatic carbocycles. The van der Waals surface area contributed by atoms with E-state index < -0.39 is 0 Å². The average molecular weight is 243 g/mol. The summed E-state index contributed by atoms with van der Waals surface area (Å²) in [5.74, 6) is 0.919. The van der Waals surface area contributed by atoms with Crippen molar-refractivity contribution in [3.63, 3.8) is 0 Å². The Balaban J connectivity index is 2.24. The standard InChI is InChI=1S/C14H11ClN2/c1-10-4-6-11(7-5-10)14-16-9-13-12(15)3-2-8-17(13)14/h2-9H,1H3. The van der Waals surface area contributed by atoms with E-state index in [2.05, 4.69) is 36.2 Å². The monoisotopic (exact) mass is 242 g/mol. The van der Waals surface area contributed by atoms with E-state index in [0.29, 0.717) is 0 Å². The van der Waals surface area contributed by atoms with E-state index in [4.69, 9.17) is 11.6 Å². The van der Waals surface area contributed by atoms with Crippen molar-refractivity contribution in [1.82, 2.24) is 9.38 Å². The Hall–Kier alpha value is -1.80. The molecule has 2 heterocycles. The molecule has 0 N–H and O–H groups in total. The molecule has 0 spiro atoms. The number of rotatable bonds is 1. The van der Waals surface area contributed by atoms with Crippen LogP contribution in [0.25, 0.3) is 16.9 Å². The van der Waals surface area contributed by atoms with Crippen molar-refractivity contribution in [2.75, 3.05) is 0 Å². The highest BCUT2D eigenvalue weighted by molar-refractivity contribution is 6.33. The zero-order valence-electron chi connectivity index (χ0n) is 9.39. The highest BCUT2D eigenvalue weighted by atomic mass is 35.5. The summed E-state index contributed by atoms with van der Waals surface area (Å²) in [6.07, 6.45) is 3.78. The second-order valence-corrected chi connectivity index (χ2v) is 4.47. The Kier molecular flexibility index (Phi) is 2.37. The predicted molar refractivity (Wildman–Crippen MR) is 70.4 cm³/mol. The highest BCUT2D eigenvalue weighted by Gasteiger charge is 2.07. The fourth-order valence-corrected chi connectivity index (χ4v) is 2.12. The van der Waals surface area contributed by atoms with Gasteiger partial charge in [0.1, 0.15) is 5.82 Å². The van der Waals surface area contributed by atoms with Crippen LogP contribution in [0.4, 0.5) is 0 Å². The van der Waals surface area contributed by atoms with Crippen molar-refractivity contribution >= 4 is 17.1 Å². The molecule has 3 aromatic rings. The Morgan fingerprint density at radius 1 is 1.12 bits per heavy atom. The van der Waals surface area contributed by atoms with Crippen LogP contribution in [0, 0.1) is 6.92 Å². The molecule has 2 aromatic heterocycles. The minimum Gasteiger partial charge on any atom is -0.298 e. The van der Waals surface area contributed by atoms with Crippen molar-refractivity contribution in [2.45, 2.75) is 6.92 Å². The molecule has 0 amide bonds. The lowest BCUT2D eigenvalue weighted by Crippen LogP contribution is -1.89. The van der Waals surface area contributed by atoms with Gasteiger partial charge >= 0.3 is 0 Å². The van der Waals surface area contributed by atoms with Crippen molar-refractivity contribution in [3.8, 4) is 11.4 Å². The van der Waals surface area contributed by atoms with Crippen LogP contribution in [-0.4, -0.2) is 9.38 Å². The summed E-state index contributed by atoms with van der Waals surface area (Å²) in [4.78, 5) is 4.43. The zero-order chi connectivity index (χ0) is 11.8. The van der Waals surface area contributed by atoms with Crippen LogP contribution in [0.3, 0.4) is 0 Å². The molecule has 0 saturated carbocycles. The molecule has 2 nitrogen and oxygen atoms in total. The Bertz CT molecular complexity index is 668. The minimum absolute atomic E-state index is 0.721. The van der Waals surface area contributed by atoms with E-state index in [1.807, 2.05) is 22.7 Å². The average Bonchev–Trinajstić information content (AvgIpc) is 2.75. The van der Waals surface area contributed by atoms with Gasteiger partial charge in [-0.05, 0) is 19.1 Å². The fraction of sp³-hybridized carbons (Fsp3) is 0.0714. The van der Waals surface area contributed by atoms with Gasteiger partial charge in [-0.2, -0.15) is 0 Å². The Morgan fingerprint density at radius 2 is 1.88 bits per heavy atom. The van der Waals surface area contributed by atoms with Crippen molar-refractivity contribution in [2.24, 2.45) is 0 Å². The summed E-state index contributed by atoms with van der Waals surface area (Å²) in [6, 6.07) is 12.1. The van der Waals surface area contributed by atoms with Crippen LogP contribution in [0.2, 0.25) is 5.02 Å². The summed E-state index contributed by atoms with van der Waals surface area (Å²) >= 11 is 6.12. The number of nitrogens with zero attached hydrogens (tertiary/aromatic N) is 2. The zero-order valence-corrected chi connectivity index (χ0v) is 10.1. The van der Waals surface area contributed by atoms with Gasteiger partial charge in [0.15, 0.2) is 0 Å². The number of hydrogen-bond acceptors (Lipinski definition) is 1. The molecule has 0 radical (unpaired) electrons. The first kappa shape index (κ1) is 10.4. The first-order chi connectivity index (χ1) is 8.25. The van der Waals surface area contributed by atoms with Crippen LogP contribution in [0.5, 0.6) is 0 Å². The maximum Gasteiger partial charge on any atom is 0.144 e. The molecule has 0 fully saturated rings. The van der Waals surface area contributed by atoms with Gasteiger partial charge in [0.05, 0.1) is 16.7 Å². The molecule has 0 aliphatic rings. The first-order valence-corrected chi connectivity index (χ1v) is 5.82. The molecule has 0 saturated heterocycles. The third-order valence-electron chi connectivity index (χ3n) is 2.83. The molecule has 17 heavy (non-hydrogen) atoms. The molecule has 1 aromatic carbocycles. The number of benzene rings is 1. The van der Waals surface area contributed by atoms with Gasteiger partial charge in [-0.15, -0.1) is 0 Å². The second kappa shape index (κ2) is 3.90. The van der Waals surface area contributed by atoms with Gasteiger partial charge in [0, 0.05) is 11.8 Å². The lowest BCUT2D eigenvalue weighted by atomic mass is 10.1. The lowest BCUT2D eigenvalue weighted by molar-refractivity contribution is 1.16. The van der Waals surface area contributed by atoms with E-state index in [1.165, 1.54) is 5.56 Å². The number of aromatic nitrogens is 2. The molecule has 0 aliphatic heterocycles. The van der Waals surface area contributed by atoms with E-state index in [1.54, 1.807) is 6.20 Å². The largest absolute Gasteiger partial charge is 0.298 e. The van der Waals surface area contributed by atoms with Gasteiger partial charge in [-0.3, -0.25) is 4.40 Å². The topological polar surface area (TPSA) is 17.3 Å². The second-order valence-electron chi connectivity index (χ2n) is 4.06. The summed E-state index contributed by atoms with van der Waals surface area (Å²) in [5.41, 5.74) is 3.27. The smallest absolute Gasteiger partial charge is 0.144 e. The lowest BCUT2D eigenvalue weighted by Gasteiger charge is -2.02. The molecule has 3 rings (SSSR count). The number of pyridine rings is 1. The number of fused-ring (bicyclic) bond motifs is 1. The van der Waals surface area contributed by atoms with Crippen molar-refractivity contribution in [3.05, 3.63) is 59.4 Å². The van der Waals surface area contributed by atoms with E-state index in [9.17, 15) is 0 Å². The molecule has 0 unspecified atom stereocenters. The Morgan fingerprint density at radius 3 is 2.65 bits per heavy atom. The molecule has 0 bridgehead atoms. The van der Waals surface area contributed by atoms with E-state index in [-0.39, 0.29) is 0 Å². The van der Waals surface area contributed by atoms with Crippen LogP contribution < -0.4 is 0 Å². The maximum atomic E-state index is 6.12. The molecular weight excluding hydrogens is 232 g/mol. The number of imidazole rings is 1. The van der Waals surface area contributed by atoms with Gasteiger partial charge in [0.25, 0.3) is 0 Å². The van der Waals surface area contributed by atoms with Crippen molar-refractivity contribution < 1.29 is 0 Å².